The first kappa shape index (κ1) is 20.9. The highest BCUT2D eigenvalue weighted by atomic mass is 19.4. The van der Waals surface area contributed by atoms with E-state index in [-0.39, 0.29) is 42.9 Å². The lowest BCUT2D eigenvalue weighted by molar-refractivity contribution is -0.142. The number of amides is 1. The zero-order valence-electron chi connectivity index (χ0n) is 15.5. The van der Waals surface area contributed by atoms with Crippen LogP contribution in [-0.4, -0.2) is 39.9 Å². The zero-order valence-corrected chi connectivity index (χ0v) is 15.5. The van der Waals surface area contributed by atoms with Gasteiger partial charge in [-0.3, -0.25) is 10.1 Å². The Morgan fingerprint density at radius 1 is 1.29 bits per heavy atom. The quantitative estimate of drug-likeness (QED) is 0.358. The summed E-state index contributed by atoms with van der Waals surface area (Å²) in [5, 5.41) is 8.80. The summed E-state index contributed by atoms with van der Waals surface area (Å²) in [5.41, 5.74) is -1.24. The van der Waals surface area contributed by atoms with Gasteiger partial charge in [0.25, 0.3) is 0 Å². The Hall–Kier alpha value is -3.32. The number of anilines is 1. The molecule has 1 aromatic carbocycles. The van der Waals surface area contributed by atoms with Crippen LogP contribution >= 0.6 is 0 Å². The van der Waals surface area contributed by atoms with Crippen molar-refractivity contribution in [3.8, 4) is 5.75 Å². The molecule has 3 heterocycles. The van der Waals surface area contributed by atoms with E-state index in [4.69, 9.17) is 9.47 Å². The third-order valence-electron chi connectivity index (χ3n) is 4.35. The van der Waals surface area contributed by atoms with Crippen molar-refractivity contribution in [3.05, 3.63) is 53.5 Å². The molecule has 0 unspecified atom stereocenters. The minimum absolute atomic E-state index is 0.00459. The monoisotopic (exact) mass is 443 g/mol. The van der Waals surface area contributed by atoms with Crippen LogP contribution in [0, 0.1) is 11.6 Å². The summed E-state index contributed by atoms with van der Waals surface area (Å²) in [6.07, 6.45) is -4.60. The molecular formula is C18H14F5N5O3. The van der Waals surface area contributed by atoms with Crippen molar-refractivity contribution >= 4 is 17.2 Å². The number of carbonyl (C=O) groups excluding carboxylic acids is 1. The van der Waals surface area contributed by atoms with Gasteiger partial charge in [-0.1, -0.05) is 6.07 Å². The van der Waals surface area contributed by atoms with Gasteiger partial charge < -0.3 is 14.8 Å². The second-order valence-corrected chi connectivity index (χ2v) is 6.52. The topological polar surface area (TPSA) is 89.8 Å². The van der Waals surface area contributed by atoms with Gasteiger partial charge >= 0.3 is 6.18 Å². The molecule has 1 aliphatic heterocycles. The van der Waals surface area contributed by atoms with Gasteiger partial charge in [-0.05, 0) is 12.1 Å². The number of aromatic nitrogens is 3. The van der Waals surface area contributed by atoms with Gasteiger partial charge in [-0.15, -0.1) is 5.10 Å². The average Bonchev–Trinajstić information content (AvgIpc) is 3.04. The van der Waals surface area contributed by atoms with Crippen LogP contribution in [0.15, 0.2) is 30.3 Å². The minimum Gasteiger partial charge on any atom is -0.489 e. The molecule has 164 valence electrons. The number of fused-ring (bicyclic) bond motifs is 2. The number of benzene rings is 1. The molecule has 13 heteroatoms. The van der Waals surface area contributed by atoms with Crippen LogP contribution < -0.4 is 15.4 Å². The van der Waals surface area contributed by atoms with Crippen molar-refractivity contribution in [3.63, 3.8) is 0 Å². The molecule has 2 N–H and O–H groups in total. The number of hydrogen-bond acceptors (Lipinski definition) is 6. The number of nitrogens with one attached hydrogen (secondary N) is 2. The maximum Gasteiger partial charge on any atom is 0.433 e. The molecular weight excluding hydrogens is 429 g/mol. The van der Waals surface area contributed by atoms with Crippen molar-refractivity contribution in [2.24, 2.45) is 0 Å². The van der Waals surface area contributed by atoms with Gasteiger partial charge in [0.2, 0.25) is 5.91 Å². The van der Waals surface area contributed by atoms with Crippen molar-refractivity contribution in [1.82, 2.24) is 19.9 Å². The number of hydrogen-bond donors (Lipinski definition) is 2. The molecule has 0 spiro atoms. The molecule has 0 saturated carbocycles. The molecule has 2 aromatic heterocycles. The van der Waals surface area contributed by atoms with Crippen LogP contribution in [0.4, 0.5) is 27.6 Å². The molecule has 0 bridgehead atoms. The van der Waals surface area contributed by atoms with E-state index >= 15 is 0 Å². The van der Waals surface area contributed by atoms with Crippen molar-refractivity contribution in [1.29, 1.82) is 0 Å². The van der Waals surface area contributed by atoms with Crippen molar-refractivity contribution in [2.45, 2.75) is 18.8 Å². The van der Waals surface area contributed by atoms with Crippen molar-refractivity contribution in [2.75, 3.05) is 18.7 Å². The lowest BCUT2D eigenvalue weighted by Crippen LogP contribution is -2.44. The second kappa shape index (κ2) is 8.07. The fourth-order valence-electron chi connectivity index (χ4n) is 2.92. The van der Waals surface area contributed by atoms with Gasteiger partial charge in [0.15, 0.2) is 17.3 Å². The molecule has 31 heavy (non-hydrogen) atoms. The summed E-state index contributed by atoms with van der Waals surface area (Å²) in [7, 11) is 0. The van der Waals surface area contributed by atoms with E-state index in [1.54, 1.807) is 0 Å². The molecule has 0 radical (unpaired) electrons. The van der Waals surface area contributed by atoms with Crippen LogP contribution in [0.25, 0.3) is 5.65 Å². The number of alkyl halides is 3. The Bertz CT molecular complexity index is 1130. The van der Waals surface area contributed by atoms with Crippen LogP contribution in [-0.2, 0) is 22.3 Å². The van der Waals surface area contributed by atoms with Gasteiger partial charge in [0, 0.05) is 12.1 Å². The summed E-state index contributed by atoms with van der Waals surface area (Å²) < 4.78 is 77.5. The number of rotatable bonds is 5. The molecule has 0 fully saturated rings. The number of ether oxygens (including phenoxy) is 2. The Morgan fingerprint density at radius 2 is 2.10 bits per heavy atom. The summed E-state index contributed by atoms with van der Waals surface area (Å²) in [4.78, 5) is 16.2. The largest absolute Gasteiger partial charge is 0.489 e. The summed E-state index contributed by atoms with van der Waals surface area (Å²) in [5.74, 6) is -2.60. The Morgan fingerprint density at radius 3 is 2.87 bits per heavy atom. The maximum absolute atomic E-state index is 13.8. The highest BCUT2D eigenvalue weighted by molar-refractivity contribution is 5.97. The fourth-order valence-corrected chi connectivity index (χ4v) is 2.92. The summed E-state index contributed by atoms with van der Waals surface area (Å²) in [6.45, 7) is -0.676. The molecule has 8 nitrogen and oxygen atoms in total. The van der Waals surface area contributed by atoms with E-state index in [1.165, 1.54) is 12.1 Å². The first-order chi connectivity index (χ1) is 14.7. The molecule has 3 aromatic rings. The van der Waals surface area contributed by atoms with Gasteiger partial charge in [0.05, 0.1) is 6.73 Å². The van der Waals surface area contributed by atoms with E-state index in [0.717, 1.165) is 12.1 Å². The summed E-state index contributed by atoms with van der Waals surface area (Å²) in [6, 6.07) is 4.08. The minimum atomic E-state index is -4.60. The number of halogens is 5. The second-order valence-electron chi connectivity index (χ2n) is 6.52. The van der Waals surface area contributed by atoms with Gasteiger partial charge in [0.1, 0.15) is 42.2 Å². The summed E-state index contributed by atoms with van der Waals surface area (Å²) >= 11 is 0. The average molecular weight is 443 g/mol. The van der Waals surface area contributed by atoms with E-state index in [0.29, 0.717) is 10.6 Å². The highest BCUT2D eigenvalue weighted by Crippen LogP contribution is 2.31. The fraction of sp³-hybridized carbons (Fsp3) is 0.278. The lowest BCUT2D eigenvalue weighted by Gasteiger charge is -2.14. The molecule has 1 amide bonds. The number of pyridine rings is 1. The lowest BCUT2D eigenvalue weighted by atomic mass is 10.2. The molecule has 1 aliphatic rings. The first-order valence-electron chi connectivity index (χ1n) is 8.88. The predicted molar refractivity (Wildman–Crippen MR) is 95.1 cm³/mol. The van der Waals surface area contributed by atoms with Crippen LogP contribution in [0.1, 0.15) is 11.5 Å². The van der Waals surface area contributed by atoms with E-state index < -0.39 is 35.5 Å². The smallest absolute Gasteiger partial charge is 0.433 e. The standard InChI is InChI=1S/C18H14F5N5O3/c19-9-4-10(20)16-12(5-9)31-6-11(17(29)26-16)24-8-30-7-14-25-15-3-1-2-13(18(21,22)23)28(15)27-14/h1-5,11,24H,6-8H2,(H,26,29)/t11-/m0/s1. The van der Waals surface area contributed by atoms with E-state index in [9.17, 15) is 26.7 Å². The van der Waals surface area contributed by atoms with E-state index in [1.807, 2.05) is 0 Å². The van der Waals surface area contributed by atoms with Crippen molar-refractivity contribution < 1.29 is 36.2 Å². The van der Waals surface area contributed by atoms with Gasteiger partial charge in [-0.2, -0.15) is 13.2 Å². The van der Waals surface area contributed by atoms with Crippen LogP contribution in [0.2, 0.25) is 0 Å². The maximum atomic E-state index is 13.8. The molecule has 4 rings (SSSR count). The third kappa shape index (κ3) is 4.41. The van der Waals surface area contributed by atoms with Crippen LogP contribution in [0.5, 0.6) is 5.75 Å². The Kier molecular flexibility index (Phi) is 5.45. The zero-order chi connectivity index (χ0) is 22.2. The highest BCUT2D eigenvalue weighted by Gasteiger charge is 2.34. The first-order valence-corrected chi connectivity index (χ1v) is 8.88. The SMILES string of the molecule is O=C1Nc2c(F)cc(F)cc2OC[C@@H]1NCOCc1nc2cccc(C(F)(F)F)n2n1. The molecule has 1 atom stereocenters. The normalized spacial score (nSPS) is 16.5. The van der Waals surface area contributed by atoms with Gasteiger partial charge in [-0.25, -0.2) is 18.3 Å². The van der Waals surface area contributed by atoms with E-state index in [2.05, 4.69) is 20.7 Å². The molecule has 0 saturated heterocycles. The number of nitrogens with zero attached hydrogens (tertiary/aromatic N) is 3. The Labute approximate surface area is 171 Å². The third-order valence-corrected chi connectivity index (χ3v) is 4.35. The number of carbonyl (C=O) groups is 1. The molecule has 0 aliphatic carbocycles. The predicted octanol–water partition coefficient (Wildman–Crippen LogP) is 2.49. The van der Waals surface area contributed by atoms with Crippen LogP contribution in [0.3, 0.4) is 0 Å². The Balaban J connectivity index is 1.35.